The Morgan fingerprint density at radius 3 is 2.57 bits per heavy atom. The van der Waals surface area contributed by atoms with E-state index < -0.39 is 0 Å². The van der Waals surface area contributed by atoms with E-state index in [9.17, 15) is 4.79 Å². The molecule has 0 radical (unpaired) electrons. The molecule has 14 heavy (non-hydrogen) atoms. The Morgan fingerprint density at radius 1 is 1.36 bits per heavy atom. The van der Waals surface area contributed by atoms with Gasteiger partial charge in [-0.3, -0.25) is 0 Å². The molecular weight excluding hydrogens is 178 g/mol. The van der Waals surface area contributed by atoms with Gasteiger partial charge in [0.1, 0.15) is 0 Å². The largest absolute Gasteiger partial charge is 0.336 e. The van der Waals surface area contributed by atoms with Crippen LogP contribution >= 0.6 is 0 Å². The van der Waals surface area contributed by atoms with Gasteiger partial charge in [-0.25, -0.2) is 4.79 Å². The summed E-state index contributed by atoms with van der Waals surface area (Å²) < 4.78 is 0. The summed E-state index contributed by atoms with van der Waals surface area (Å²) >= 11 is 0. The van der Waals surface area contributed by atoms with E-state index in [4.69, 9.17) is 5.26 Å². The number of urea groups is 1. The maximum absolute atomic E-state index is 10.9. The zero-order chi connectivity index (χ0) is 9.97. The first-order valence-corrected chi connectivity index (χ1v) is 4.34. The van der Waals surface area contributed by atoms with Gasteiger partial charge >= 0.3 is 6.03 Å². The normalized spacial score (nSPS) is 19.6. The van der Waals surface area contributed by atoms with Gasteiger partial charge in [-0.05, 0) is 17.7 Å². The number of carbonyl (C=O) groups excluding carboxylic acids is 1. The standard InChI is InChI=1S/C10H9N3O/c11-5-7-1-3-8(4-2-7)9-6-12-10(14)13-9/h1-4,9H,6H2,(H2,12,13,14)/t9-/m0/s1. The molecule has 1 aliphatic rings. The Bertz CT molecular complexity index is 391. The topological polar surface area (TPSA) is 64.9 Å². The molecule has 0 saturated carbocycles. The fourth-order valence-corrected chi connectivity index (χ4v) is 1.45. The van der Waals surface area contributed by atoms with Crippen molar-refractivity contribution in [3.8, 4) is 6.07 Å². The van der Waals surface area contributed by atoms with Crippen LogP contribution in [0.5, 0.6) is 0 Å². The number of hydrogen-bond acceptors (Lipinski definition) is 2. The van der Waals surface area contributed by atoms with E-state index in [1.54, 1.807) is 12.1 Å². The number of nitrogens with zero attached hydrogens (tertiary/aromatic N) is 1. The molecule has 1 fully saturated rings. The van der Waals surface area contributed by atoms with Crippen molar-refractivity contribution in [1.82, 2.24) is 10.6 Å². The summed E-state index contributed by atoms with van der Waals surface area (Å²) in [6.07, 6.45) is 0. The van der Waals surface area contributed by atoms with E-state index >= 15 is 0 Å². The highest BCUT2D eigenvalue weighted by Crippen LogP contribution is 2.15. The van der Waals surface area contributed by atoms with Crippen molar-refractivity contribution in [3.63, 3.8) is 0 Å². The third-order valence-corrected chi connectivity index (χ3v) is 2.21. The Kier molecular flexibility index (Phi) is 2.07. The van der Waals surface area contributed by atoms with Crippen molar-refractivity contribution in [3.05, 3.63) is 35.4 Å². The lowest BCUT2D eigenvalue weighted by molar-refractivity contribution is 0.247. The van der Waals surface area contributed by atoms with Gasteiger partial charge in [0, 0.05) is 6.54 Å². The smallest absolute Gasteiger partial charge is 0.315 e. The van der Waals surface area contributed by atoms with Crippen LogP contribution in [0.2, 0.25) is 0 Å². The molecule has 1 heterocycles. The van der Waals surface area contributed by atoms with Crippen molar-refractivity contribution in [2.75, 3.05) is 6.54 Å². The average molecular weight is 187 g/mol. The molecule has 0 aliphatic carbocycles. The summed E-state index contributed by atoms with van der Waals surface area (Å²) in [5, 5.41) is 14.1. The van der Waals surface area contributed by atoms with Crippen LogP contribution in [0.3, 0.4) is 0 Å². The fourth-order valence-electron chi connectivity index (χ4n) is 1.45. The molecule has 2 N–H and O–H groups in total. The minimum atomic E-state index is -0.139. The third-order valence-electron chi connectivity index (χ3n) is 2.21. The fraction of sp³-hybridized carbons (Fsp3) is 0.200. The summed E-state index contributed by atoms with van der Waals surface area (Å²) in [5.41, 5.74) is 1.65. The predicted octanol–water partition coefficient (Wildman–Crippen LogP) is 0.912. The molecule has 2 amide bonds. The summed E-state index contributed by atoms with van der Waals surface area (Å²) in [7, 11) is 0. The first-order valence-electron chi connectivity index (χ1n) is 4.34. The SMILES string of the molecule is N#Cc1ccc([C@@H]2CNC(=O)N2)cc1. The van der Waals surface area contributed by atoms with Crippen LogP contribution in [0, 0.1) is 11.3 Å². The van der Waals surface area contributed by atoms with E-state index in [-0.39, 0.29) is 12.1 Å². The quantitative estimate of drug-likeness (QED) is 0.686. The second kappa shape index (κ2) is 3.38. The molecule has 4 nitrogen and oxygen atoms in total. The Morgan fingerprint density at radius 2 is 2.07 bits per heavy atom. The molecule has 2 rings (SSSR count). The summed E-state index contributed by atoms with van der Waals surface area (Å²) in [6, 6.07) is 9.15. The van der Waals surface area contributed by atoms with Gasteiger partial charge in [-0.1, -0.05) is 12.1 Å². The van der Waals surface area contributed by atoms with E-state index in [0.29, 0.717) is 12.1 Å². The van der Waals surface area contributed by atoms with Crippen LogP contribution in [-0.4, -0.2) is 12.6 Å². The van der Waals surface area contributed by atoms with Crippen LogP contribution in [-0.2, 0) is 0 Å². The van der Waals surface area contributed by atoms with Crippen LogP contribution in [0.25, 0.3) is 0 Å². The van der Waals surface area contributed by atoms with Gasteiger partial charge in [-0.2, -0.15) is 5.26 Å². The summed E-state index contributed by atoms with van der Waals surface area (Å²) in [5.74, 6) is 0. The van der Waals surface area contributed by atoms with Gasteiger partial charge < -0.3 is 10.6 Å². The number of rotatable bonds is 1. The number of amides is 2. The monoisotopic (exact) mass is 187 g/mol. The lowest BCUT2D eigenvalue weighted by Crippen LogP contribution is -2.21. The molecular formula is C10H9N3O. The van der Waals surface area contributed by atoms with Crippen LogP contribution in [0.15, 0.2) is 24.3 Å². The zero-order valence-electron chi connectivity index (χ0n) is 7.45. The molecule has 0 aromatic heterocycles. The van der Waals surface area contributed by atoms with Crippen LogP contribution in [0.1, 0.15) is 17.2 Å². The highest BCUT2D eigenvalue weighted by molar-refractivity contribution is 5.76. The van der Waals surface area contributed by atoms with Crippen molar-refractivity contribution >= 4 is 6.03 Å². The molecule has 1 saturated heterocycles. The number of nitriles is 1. The van der Waals surface area contributed by atoms with Gasteiger partial charge in [0.25, 0.3) is 0 Å². The summed E-state index contributed by atoms with van der Waals surface area (Å²) in [6.45, 7) is 0.602. The molecule has 1 aromatic carbocycles. The third kappa shape index (κ3) is 1.52. The average Bonchev–Trinajstić information content (AvgIpc) is 2.65. The zero-order valence-corrected chi connectivity index (χ0v) is 7.45. The van der Waals surface area contributed by atoms with Gasteiger partial charge in [0.2, 0.25) is 0 Å². The Balaban J connectivity index is 2.18. The predicted molar refractivity (Wildman–Crippen MR) is 50.4 cm³/mol. The van der Waals surface area contributed by atoms with Crippen LogP contribution in [0.4, 0.5) is 4.79 Å². The molecule has 4 heteroatoms. The van der Waals surface area contributed by atoms with Gasteiger partial charge in [0.05, 0.1) is 17.7 Å². The molecule has 1 aromatic rings. The maximum Gasteiger partial charge on any atom is 0.315 e. The lowest BCUT2D eigenvalue weighted by Gasteiger charge is -2.07. The molecule has 1 aliphatic heterocycles. The van der Waals surface area contributed by atoms with Crippen molar-refractivity contribution in [1.29, 1.82) is 5.26 Å². The minimum absolute atomic E-state index is 0.0234. The van der Waals surface area contributed by atoms with E-state index in [1.165, 1.54) is 0 Å². The number of benzene rings is 1. The van der Waals surface area contributed by atoms with E-state index in [0.717, 1.165) is 5.56 Å². The first kappa shape index (κ1) is 8.57. The second-order valence-corrected chi connectivity index (χ2v) is 3.14. The molecule has 0 bridgehead atoms. The Labute approximate surface area is 81.5 Å². The van der Waals surface area contributed by atoms with Gasteiger partial charge in [-0.15, -0.1) is 0 Å². The van der Waals surface area contributed by atoms with Crippen molar-refractivity contribution in [2.45, 2.75) is 6.04 Å². The van der Waals surface area contributed by atoms with Crippen molar-refractivity contribution in [2.24, 2.45) is 0 Å². The maximum atomic E-state index is 10.9. The minimum Gasteiger partial charge on any atom is -0.336 e. The second-order valence-electron chi connectivity index (χ2n) is 3.14. The molecule has 70 valence electrons. The van der Waals surface area contributed by atoms with Crippen molar-refractivity contribution < 1.29 is 4.79 Å². The highest BCUT2D eigenvalue weighted by atomic mass is 16.2. The highest BCUT2D eigenvalue weighted by Gasteiger charge is 2.20. The number of hydrogen-bond donors (Lipinski definition) is 2. The number of nitrogens with one attached hydrogen (secondary N) is 2. The summed E-state index contributed by atoms with van der Waals surface area (Å²) in [4.78, 5) is 10.9. The van der Waals surface area contributed by atoms with Crippen LogP contribution < -0.4 is 10.6 Å². The Hall–Kier alpha value is -2.02. The van der Waals surface area contributed by atoms with Gasteiger partial charge in [0.15, 0.2) is 0 Å². The number of carbonyl (C=O) groups is 1. The first-order chi connectivity index (χ1) is 6.79. The molecule has 0 unspecified atom stereocenters. The van der Waals surface area contributed by atoms with E-state index in [1.807, 2.05) is 12.1 Å². The molecule has 0 spiro atoms. The van der Waals surface area contributed by atoms with E-state index in [2.05, 4.69) is 16.7 Å². The molecule has 1 atom stereocenters. The lowest BCUT2D eigenvalue weighted by atomic mass is 10.1.